The van der Waals surface area contributed by atoms with E-state index in [0.717, 1.165) is 43.3 Å². The summed E-state index contributed by atoms with van der Waals surface area (Å²) >= 11 is 0. The Kier molecular flexibility index (Phi) is 3.68. The highest BCUT2D eigenvalue weighted by molar-refractivity contribution is 5.81. The molecule has 5 heteroatoms. The van der Waals surface area contributed by atoms with E-state index in [9.17, 15) is 4.79 Å². The van der Waals surface area contributed by atoms with Gasteiger partial charge in [0.25, 0.3) is 0 Å². The number of fused-ring (bicyclic) bond motifs is 1. The van der Waals surface area contributed by atoms with Crippen molar-refractivity contribution in [2.24, 2.45) is 11.7 Å². The molecule has 3 rings (SSSR count). The van der Waals surface area contributed by atoms with E-state index >= 15 is 0 Å². The highest BCUT2D eigenvalue weighted by Gasteiger charge is 2.46. The molecule has 5 nitrogen and oxygen atoms in total. The molecule has 2 aromatic rings. The van der Waals surface area contributed by atoms with Crippen LogP contribution in [0.3, 0.4) is 0 Å². The summed E-state index contributed by atoms with van der Waals surface area (Å²) in [5.74, 6) is -0.105. The van der Waals surface area contributed by atoms with Crippen molar-refractivity contribution in [1.82, 2.24) is 9.55 Å². The van der Waals surface area contributed by atoms with E-state index in [0.29, 0.717) is 0 Å². The van der Waals surface area contributed by atoms with Gasteiger partial charge in [0.05, 0.1) is 24.5 Å². The number of carbonyl (C=O) groups excluding carboxylic acids is 1. The molecule has 2 atom stereocenters. The van der Waals surface area contributed by atoms with Crippen molar-refractivity contribution in [2.45, 2.75) is 37.8 Å². The highest BCUT2D eigenvalue weighted by atomic mass is 16.5. The number of ether oxygens (including phenoxy) is 1. The first-order valence-electron chi connectivity index (χ1n) is 7.42. The summed E-state index contributed by atoms with van der Waals surface area (Å²) in [4.78, 5) is 16.3. The number of benzene rings is 1. The number of aromatic nitrogens is 2. The van der Waals surface area contributed by atoms with Crippen molar-refractivity contribution < 1.29 is 9.53 Å². The predicted molar refractivity (Wildman–Crippen MR) is 80.6 cm³/mol. The Morgan fingerprint density at radius 3 is 3.14 bits per heavy atom. The van der Waals surface area contributed by atoms with E-state index in [4.69, 9.17) is 10.5 Å². The zero-order valence-corrected chi connectivity index (χ0v) is 12.3. The third-order valence-electron chi connectivity index (χ3n) is 4.68. The SMILES string of the molecule is COC(=O)C1(N)CCCC1CCn1cnc2ccccc21. The van der Waals surface area contributed by atoms with Gasteiger partial charge in [-0.2, -0.15) is 0 Å². The molecule has 0 aliphatic heterocycles. The van der Waals surface area contributed by atoms with Gasteiger partial charge in [0.15, 0.2) is 0 Å². The summed E-state index contributed by atoms with van der Waals surface area (Å²) in [5.41, 5.74) is 7.61. The molecule has 0 radical (unpaired) electrons. The molecule has 21 heavy (non-hydrogen) atoms. The fourth-order valence-corrected chi connectivity index (χ4v) is 3.45. The van der Waals surface area contributed by atoms with Crippen molar-refractivity contribution in [1.29, 1.82) is 0 Å². The monoisotopic (exact) mass is 287 g/mol. The summed E-state index contributed by atoms with van der Waals surface area (Å²) in [5, 5.41) is 0. The largest absolute Gasteiger partial charge is 0.468 e. The average molecular weight is 287 g/mol. The summed E-state index contributed by atoms with van der Waals surface area (Å²) in [6.45, 7) is 0.821. The molecule has 1 saturated carbocycles. The molecular weight excluding hydrogens is 266 g/mol. The van der Waals surface area contributed by atoms with Crippen molar-refractivity contribution >= 4 is 17.0 Å². The Bertz CT molecular complexity index is 652. The quantitative estimate of drug-likeness (QED) is 0.874. The van der Waals surface area contributed by atoms with Crippen LogP contribution in [0.25, 0.3) is 11.0 Å². The number of methoxy groups -OCH3 is 1. The second-order valence-corrected chi connectivity index (χ2v) is 5.84. The van der Waals surface area contributed by atoms with Crippen molar-refractivity contribution in [2.75, 3.05) is 7.11 Å². The maximum absolute atomic E-state index is 12.0. The third kappa shape index (κ3) is 2.42. The molecule has 1 aliphatic rings. The maximum atomic E-state index is 12.0. The first kappa shape index (κ1) is 14.1. The number of para-hydroxylation sites is 2. The van der Waals surface area contributed by atoms with Crippen molar-refractivity contribution in [3.63, 3.8) is 0 Å². The first-order chi connectivity index (χ1) is 10.1. The minimum atomic E-state index is -0.814. The second-order valence-electron chi connectivity index (χ2n) is 5.84. The van der Waals surface area contributed by atoms with Gasteiger partial charge in [0, 0.05) is 6.54 Å². The van der Waals surface area contributed by atoms with Crippen LogP contribution in [0.2, 0.25) is 0 Å². The number of hydrogen-bond donors (Lipinski definition) is 1. The maximum Gasteiger partial charge on any atom is 0.326 e. The molecule has 1 heterocycles. The number of nitrogens with two attached hydrogens (primary N) is 1. The van der Waals surface area contributed by atoms with Gasteiger partial charge in [-0.05, 0) is 37.3 Å². The Morgan fingerprint density at radius 2 is 2.33 bits per heavy atom. The van der Waals surface area contributed by atoms with Crippen LogP contribution in [0.5, 0.6) is 0 Å². The summed E-state index contributed by atoms with van der Waals surface area (Å²) in [7, 11) is 1.41. The standard InChI is InChI=1S/C16H21N3O2/c1-21-15(20)16(17)9-4-5-12(16)8-10-19-11-18-13-6-2-3-7-14(13)19/h2-3,6-7,11-12H,4-5,8-10,17H2,1H3. The summed E-state index contributed by atoms with van der Waals surface area (Å²) in [6.07, 6.45) is 5.41. The topological polar surface area (TPSA) is 70.1 Å². The van der Waals surface area contributed by atoms with Gasteiger partial charge >= 0.3 is 5.97 Å². The van der Waals surface area contributed by atoms with Crippen LogP contribution in [0, 0.1) is 5.92 Å². The first-order valence-corrected chi connectivity index (χ1v) is 7.42. The molecule has 112 valence electrons. The zero-order valence-electron chi connectivity index (χ0n) is 12.3. The van der Waals surface area contributed by atoms with Gasteiger partial charge in [-0.25, -0.2) is 4.98 Å². The van der Waals surface area contributed by atoms with Gasteiger partial charge in [-0.1, -0.05) is 18.6 Å². The highest BCUT2D eigenvalue weighted by Crippen LogP contribution is 2.37. The lowest BCUT2D eigenvalue weighted by Gasteiger charge is -2.28. The number of esters is 1. The molecule has 2 N–H and O–H groups in total. The molecule has 0 amide bonds. The van der Waals surface area contributed by atoms with Crippen LogP contribution in [-0.2, 0) is 16.1 Å². The third-order valence-corrected chi connectivity index (χ3v) is 4.68. The van der Waals surface area contributed by atoms with Crippen LogP contribution in [0.15, 0.2) is 30.6 Å². The van der Waals surface area contributed by atoms with Crippen LogP contribution in [-0.4, -0.2) is 28.2 Å². The smallest absolute Gasteiger partial charge is 0.326 e. The van der Waals surface area contributed by atoms with E-state index in [1.165, 1.54) is 7.11 Å². The molecule has 1 aromatic heterocycles. The number of aryl methyl sites for hydroxylation is 1. The lowest BCUT2D eigenvalue weighted by Crippen LogP contribution is -2.51. The molecule has 1 aromatic carbocycles. The Labute approximate surface area is 124 Å². The van der Waals surface area contributed by atoms with E-state index in [1.807, 2.05) is 24.5 Å². The molecule has 0 spiro atoms. The van der Waals surface area contributed by atoms with Crippen LogP contribution in [0.4, 0.5) is 0 Å². The van der Waals surface area contributed by atoms with E-state index in [-0.39, 0.29) is 11.9 Å². The molecule has 1 fully saturated rings. The summed E-state index contributed by atoms with van der Waals surface area (Å²) in [6, 6.07) is 8.06. The van der Waals surface area contributed by atoms with Gasteiger partial charge in [0.1, 0.15) is 5.54 Å². The summed E-state index contributed by atoms with van der Waals surface area (Å²) < 4.78 is 7.02. The van der Waals surface area contributed by atoms with Crippen LogP contribution < -0.4 is 5.73 Å². The molecule has 0 bridgehead atoms. The Balaban J connectivity index is 1.74. The zero-order chi connectivity index (χ0) is 14.9. The second kappa shape index (κ2) is 5.48. The van der Waals surface area contributed by atoms with E-state index < -0.39 is 5.54 Å². The molecule has 1 aliphatic carbocycles. The molecule has 0 saturated heterocycles. The Hall–Kier alpha value is -1.88. The fourth-order valence-electron chi connectivity index (χ4n) is 3.45. The molecular formula is C16H21N3O2. The lowest BCUT2D eigenvalue weighted by atomic mass is 9.85. The van der Waals surface area contributed by atoms with E-state index in [2.05, 4.69) is 15.6 Å². The number of nitrogens with zero attached hydrogens (tertiary/aromatic N) is 2. The lowest BCUT2D eigenvalue weighted by molar-refractivity contribution is -0.148. The minimum absolute atomic E-state index is 0.172. The Morgan fingerprint density at radius 1 is 1.52 bits per heavy atom. The van der Waals surface area contributed by atoms with Crippen molar-refractivity contribution in [3.8, 4) is 0 Å². The van der Waals surface area contributed by atoms with Crippen molar-refractivity contribution in [3.05, 3.63) is 30.6 Å². The van der Waals surface area contributed by atoms with Gasteiger partial charge in [0.2, 0.25) is 0 Å². The van der Waals surface area contributed by atoms with Crippen LogP contribution in [0.1, 0.15) is 25.7 Å². The van der Waals surface area contributed by atoms with Crippen LogP contribution >= 0.6 is 0 Å². The number of hydrogen-bond acceptors (Lipinski definition) is 4. The number of carbonyl (C=O) groups is 1. The van der Waals surface area contributed by atoms with E-state index in [1.54, 1.807) is 0 Å². The van der Waals surface area contributed by atoms with Gasteiger partial charge < -0.3 is 15.0 Å². The average Bonchev–Trinajstić information content (AvgIpc) is 3.09. The van der Waals surface area contributed by atoms with Gasteiger partial charge in [-0.3, -0.25) is 4.79 Å². The fraction of sp³-hybridized carbons (Fsp3) is 0.500. The molecule has 2 unspecified atom stereocenters. The minimum Gasteiger partial charge on any atom is -0.468 e. The predicted octanol–water partition coefficient (Wildman–Crippen LogP) is 2.10. The normalized spacial score (nSPS) is 25.3. The van der Waals surface area contributed by atoms with Gasteiger partial charge in [-0.15, -0.1) is 0 Å². The number of rotatable bonds is 4. The number of imidazole rings is 1.